The summed E-state index contributed by atoms with van der Waals surface area (Å²) in [5.74, 6) is 0.0560. The van der Waals surface area contributed by atoms with Gasteiger partial charge in [-0.05, 0) is 65.2 Å². The lowest BCUT2D eigenvalue weighted by Crippen LogP contribution is -2.27. The van der Waals surface area contributed by atoms with Crippen LogP contribution in [0.2, 0.25) is 0 Å². The number of aromatic nitrogens is 1. The number of hydrogen-bond donors (Lipinski definition) is 0. The molecule has 0 saturated heterocycles. The molecular formula is C19H17BrN2OS2. The molecule has 2 heterocycles. The number of amides is 1. The summed E-state index contributed by atoms with van der Waals surface area (Å²) in [7, 11) is 0. The van der Waals surface area contributed by atoms with Crippen LogP contribution in [0, 0.1) is 0 Å². The van der Waals surface area contributed by atoms with Gasteiger partial charge in [0.1, 0.15) is 0 Å². The molecule has 1 aliphatic rings. The highest BCUT2D eigenvalue weighted by Crippen LogP contribution is 2.36. The largest absolute Gasteiger partial charge is 0.274 e. The zero-order valence-electron chi connectivity index (χ0n) is 13.6. The maximum atomic E-state index is 13.2. The maximum Gasteiger partial charge on any atom is 0.238 e. The first-order valence-corrected chi connectivity index (χ1v) is 10.8. The molecule has 0 spiro atoms. The topological polar surface area (TPSA) is 33.2 Å². The third kappa shape index (κ3) is 3.57. The number of carbonyl (C=O) groups excluding carboxylic acids is 1. The zero-order valence-corrected chi connectivity index (χ0v) is 16.8. The Morgan fingerprint density at radius 2 is 1.96 bits per heavy atom. The van der Waals surface area contributed by atoms with Crippen LogP contribution >= 0.6 is 38.6 Å². The number of aryl methyl sites for hydroxylation is 2. The summed E-state index contributed by atoms with van der Waals surface area (Å²) in [6.45, 7) is 0. The Bertz CT molecular complexity index is 864. The van der Waals surface area contributed by atoms with Gasteiger partial charge in [0.05, 0.1) is 17.8 Å². The van der Waals surface area contributed by atoms with E-state index in [-0.39, 0.29) is 5.91 Å². The van der Waals surface area contributed by atoms with Gasteiger partial charge in [-0.2, -0.15) is 0 Å². The summed E-state index contributed by atoms with van der Waals surface area (Å²) < 4.78 is 0.997. The van der Waals surface area contributed by atoms with E-state index in [1.807, 2.05) is 41.8 Å². The molecule has 0 radical (unpaired) electrons. The molecule has 0 atom stereocenters. The van der Waals surface area contributed by atoms with Crippen molar-refractivity contribution >= 4 is 55.3 Å². The number of thiophene rings is 1. The lowest BCUT2D eigenvalue weighted by Gasteiger charge is -2.20. The molecule has 25 heavy (non-hydrogen) atoms. The summed E-state index contributed by atoms with van der Waals surface area (Å²) >= 11 is 6.80. The van der Waals surface area contributed by atoms with E-state index in [1.54, 1.807) is 27.6 Å². The van der Waals surface area contributed by atoms with Crippen LogP contribution in [-0.2, 0) is 24.1 Å². The number of carbonyl (C=O) groups is 1. The van der Waals surface area contributed by atoms with E-state index in [1.165, 1.54) is 23.4 Å². The van der Waals surface area contributed by atoms with Gasteiger partial charge in [-0.25, -0.2) is 4.98 Å². The summed E-state index contributed by atoms with van der Waals surface area (Å²) in [5.41, 5.74) is 2.06. The molecule has 0 N–H and O–H groups in total. The minimum absolute atomic E-state index is 0.0560. The van der Waals surface area contributed by atoms with Gasteiger partial charge in [-0.15, -0.1) is 22.7 Å². The fraction of sp³-hybridized carbons (Fsp3) is 0.263. The number of benzene rings is 1. The molecule has 0 fully saturated rings. The predicted octanol–water partition coefficient (Wildman–Crippen LogP) is 5.75. The van der Waals surface area contributed by atoms with Gasteiger partial charge in [0.2, 0.25) is 5.91 Å². The number of hydrogen-bond acceptors (Lipinski definition) is 4. The van der Waals surface area contributed by atoms with E-state index in [9.17, 15) is 4.79 Å². The van der Waals surface area contributed by atoms with Crippen molar-refractivity contribution in [1.29, 1.82) is 0 Å². The van der Waals surface area contributed by atoms with E-state index in [2.05, 4.69) is 15.9 Å². The van der Waals surface area contributed by atoms with E-state index < -0.39 is 0 Å². The van der Waals surface area contributed by atoms with Gasteiger partial charge in [0, 0.05) is 14.2 Å². The Hall–Kier alpha value is -1.50. The van der Waals surface area contributed by atoms with Crippen LogP contribution in [-0.4, -0.2) is 10.9 Å². The van der Waals surface area contributed by atoms with Crippen molar-refractivity contribution in [3.05, 3.63) is 61.7 Å². The molecule has 128 valence electrons. The van der Waals surface area contributed by atoms with Gasteiger partial charge in [-0.1, -0.05) is 18.2 Å². The third-order valence-electron chi connectivity index (χ3n) is 4.29. The summed E-state index contributed by atoms with van der Waals surface area (Å²) in [6, 6.07) is 11.8. The van der Waals surface area contributed by atoms with Crippen molar-refractivity contribution in [3.8, 4) is 0 Å². The Morgan fingerprint density at radius 1 is 1.16 bits per heavy atom. The van der Waals surface area contributed by atoms with Crippen molar-refractivity contribution in [2.24, 2.45) is 0 Å². The number of rotatable bonds is 4. The predicted molar refractivity (Wildman–Crippen MR) is 108 cm³/mol. The van der Waals surface area contributed by atoms with Gasteiger partial charge in [0.25, 0.3) is 0 Å². The first kappa shape index (κ1) is 16.9. The van der Waals surface area contributed by atoms with Crippen LogP contribution in [0.4, 0.5) is 10.8 Å². The Morgan fingerprint density at radius 3 is 2.68 bits per heavy atom. The molecule has 0 bridgehead atoms. The number of fused-ring (bicyclic) bond motifs is 1. The second kappa shape index (κ2) is 7.40. The van der Waals surface area contributed by atoms with Crippen LogP contribution in [0.1, 0.15) is 28.3 Å². The molecular weight excluding hydrogens is 416 g/mol. The van der Waals surface area contributed by atoms with Gasteiger partial charge < -0.3 is 0 Å². The van der Waals surface area contributed by atoms with Crippen molar-refractivity contribution in [3.63, 3.8) is 0 Å². The minimum atomic E-state index is 0.0560. The Balaban J connectivity index is 1.70. The number of thiazole rings is 1. The van der Waals surface area contributed by atoms with Crippen LogP contribution in [0.15, 0.2) is 46.3 Å². The highest BCUT2D eigenvalue weighted by molar-refractivity contribution is 9.10. The van der Waals surface area contributed by atoms with Crippen LogP contribution < -0.4 is 4.90 Å². The fourth-order valence-electron chi connectivity index (χ4n) is 3.04. The van der Waals surface area contributed by atoms with E-state index in [0.29, 0.717) is 6.42 Å². The normalized spacial score (nSPS) is 13.5. The molecule has 1 aliphatic carbocycles. The zero-order chi connectivity index (χ0) is 17.2. The maximum absolute atomic E-state index is 13.2. The third-order valence-corrected chi connectivity index (χ3v) is 7.36. The molecule has 1 amide bonds. The van der Waals surface area contributed by atoms with Crippen molar-refractivity contribution in [2.45, 2.75) is 32.1 Å². The SMILES string of the molecule is O=C(Cc1sccc1Br)N(c1ccccc1)c1nc2c(s1)CCCC2. The summed E-state index contributed by atoms with van der Waals surface area (Å²) in [6.07, 6.45) is 4.89. The molecule has 0 saturated carbocycles. The quantitative estimate of drug-likeness (QED) is 0.525. The number of para-hydroxylation sites is 1. The first-order chi connectivity index (χ1) is 12.2. The Labute approximate surface area is 163 Å². The summed E-state index contributed by atoms with van der Waals surface area (Å²) in [4.78, 5) is 22.1. The van der Waals surface area contributed by atoms with Crippen LogP contribution in [0.25, 0.3) is 0 Å². The molecule has 4 rings (SSSR count). The molecule has 6 heteroatoms. The van der Waals surface area contributed by atoms with Crippen LogP contribution in [0.3, 0.4) is 0 Å². The summed E-state index contributed by atoms with van der Waals surface area (Å²) in [5, 5.41) is 2.80. The number of halogens is 1. The average molecular weight is 433 g/mol. The monoisotopic (exact) mass is 432 g/mol. The van der Waals surface area contributed by atoms with Gasteiger partial charge in [0.15, 0.2) is 5.13 Å². The second-order valence-corrected chi connectivity index (χ2v) is 8.92. The highest BCUT2D eigenvalue weighted by Gasteiger charge is 2.25. The second-order valence-electron chi connectivity index (χ2n) is 6.01. The number of anilines is 2. The molecule has 0 aliphatic heterocycles. The fourth-order valence-corrected chi connectivity index (χ4v) is 5.71. The van der Waals surface area contributed by atoms with Crippen molar-refractivity contribution in [2.75, 3.05) is 4.90 Å². The van der Waals surface area contributed by atoms with Crippen molar-refractivity contribution < 1.29 is 4.79 Å². The average Bonchev–Trinajstić information content (AvgIpc) is 3.22. The highest BCUT2D eigenvalue weighted by atomic mass is 79.9. The Kier molecular flexibility index (Phi) is 5.01. The lowest BCUT2D eigenvalue weighted by molar-refractivity contribution is -0.117. The number of nitrogens with zero attached hydrogens (tertiary/aromatic N) is 2. The van der Waals surface area contributed by atoms with Crippen LogP contribution in [0.5, 0.6) is 0 Å². The molecule has 1 aromatic carbocycles. The van der Waals surface area contributed by atoms with E-state index in [0.717, 1.165) is 33.0 Å². The molecule has 3 nitrogen and oxygen atoms in total. The van der Waals surface area contributed by atoms with Gasteiger partial charge >= 0.3 is 0 Å². The van der Waals surface area contributed by atoms with E-state index >= 15 is 0 Å². The van der Waals surface area contributed by atoms with Gasteiger partial charge in [-0.3, -0.25) is 9.69 Å². The molecule has 2 aromatic heterocycles. The van der Waals surface area contributed by atoms with E-state index in [4.69, 9.17) is 4.98 Å². The molecule has 0 unspecified atom stereocenters. The first-order valence-electron chi connectivity index (χ1n) is 8.31. The lowest BCUT2D eigenvalue weighted by atomic mass is 10.0. The molecule has 3 aromatic rings. The smallest absolute Gasteiger partial charge is 0.238 e. The van der Waals surface area contributed by atoms with Crippen molar-refractivity contribution in [1.82, 2.24) is 4.98 Å². The minimum Gasteiger partial charge on any atom is -0.274 e. The standard InChI is InChI=1S/C19H17BrN2OS2/c20-14-10-11-24-17(14)12-18(23)22(13-6-2-1-3-7-13)19-21-15-8-4-5-9-16(15)25-19/h1-3,6-7,10-11H,4-5,8-9,12H2.